The first-order valence-corrected chi connectivity index (χ1v) is 7.61. The van der Waals surface area contributed by atoms with E-state index in [-0.39, 0.29) is 0 Å². The first-order chi connectivity index (χ1) is 11.5. The Morgan fingerprint density at radius 1 is 0.917 bits per heavy atom. The molecule has 1 heterocycles. The van der Waals surface area contributed by atoms with Gasteiger partial charge in [0.2, 0.25) is 0 Å². The van der Waals surface area contributed by atoms with Crippen LogP contribution in [-0.4, -0.2) is 25.0 Å². The van der Waals surface area contributed by atoms with Crippen molar-refractivity contribution in [3.8, 4) is 0 Å². The molecule has 0 radical (unpaired) electrons. The molecule has 2 rings (SSSR count). The van der Waals surface area contributed by atoms with Gasteiger partial charge in [0.05, 0.1) is 0 Å². The second-order valence-corrected chi connectivity index (χ2v) is 4.12. The van der Waals surface area contributed by atoms with Crippen molar-refractivity contribution in [2.24, 2.45) is 0 Å². The van der Waals surface area contributed by atoms with Crippen molar-refractivity contribution in [3.05, 3.63) is 79.9 Å². The molecule has 1 aromatic carbocycles. The molecule has 130 valence electrons. The van der Waals surface area contributed by atoms with Crippen LogP contribution in [0.4, 0.5) is 0 Å². The van der Waals surface area contributed by atoms with E-state index in [1.807, 2.05) is 36.4 Å². The number of carbonyl (C=O) groups is 2. The highest BCUT2D eigenvalue weighted by Gasteiger charge is 2.10. The van der Waals surface area contributed by atoms with Crippen LogP contribution in [0.3, 0.4) is 0 Å². The van der Waals surface area contributed by atoms with Crippen LogP contribution in [0.1, 0.15) is 19.4 Å². The van der Waals surface area contributed by atoms with E-state index in [9.17, 15) is 9.59 Å². The first kappa shape index (κ1) is 23.5. The summed E-state index contributed by atoms with van der Waals surface area (Å²) >= 11 is 0. The van der Waals surface area contributed by atoms with Crippen LogP contribution in [0.2, 0.25) is 0 Å². The van der Waals surface area contributed by atoms with Crippen LogP contribution < -0.4 is 5.32 Å². The van der Waals surface area contributed by atoms with Gasteiger partial charge in [-0.25, -0.2) is 9.59 Å². The van der Waals surface area contributed by atoms with Crippen molar-refractivity contribution in [3.63, 3.8) is 0 Å². The van der Waals surface area contributed by atoms with Gasteiger partial charge in [0.25, 0.3) is 0 Å². The highest BCUT2D eigenvalue weighted by atomic mass is 16.6. The Balaban J connectivity index is 0. The molecule has 0 aliphatic carbocycles. The third-order valence-electron chi connectivity index (χ3n) is 2.26. The summed E-state index contributed by atoms with van der Waals surface area (Å²) in [6.07, 6.45) is 7.28. The van der Waals surface area contributed by atoms with Crippen LogP contribution in [0.5, 0.6) is 0 Å². The molecule has 1 N–H and O–H groups in total. The Labute approximate surface area is 145 Å². The maximum atomic E-state index is 9.92. The summed E-state index contributed by atoms with van der Waals surface area (Å²) in [7, 11) is 0. The topological polar surface area (TPSA) is 55.4 Å². The normalized spacial score (nSPS) is 10.6. The SMILES string of the molecule is C=CC=C.C=Cc1ccccc1.CCNCC.O=C1C=CC(=O)O1. The lowest BCUT2D eigenvalue weighted by Gasteiger charge is -1.86. The summed E-state index contributed by atoms with van der Waals surface area (Å²) in [5.41, 5.74) is 1.17. The molecule has 0 amide bonds. The Morgan fingerprint density at radius 2 is 1.38 bits per heavy atom. The van der Waals surface area contributed by atoms with E-state index in [1.54, 1.807) is 12.2 Å². The summed E-state index contributed by atoms with van der Waals surface area (Å²) < 4.78 is 3.97. The van der Waals surface area contributed by atoms with Gasteiger partial charge in [0.15, 0.2) is 0 Å². The Kier molecular flexibility index (Phi) is 18.0. The lowest BCUT2D eigenvalue weighted by molar-refractivity contribution is -0.150. The van der Waals surface area contributed by atoms with E-state index in [0.29, 0.717) is 0 Å². The minimum absolute atomic E-state index is 0.579. The molecule has 1 aliphatic rings. The fourth-order valence-electron chi connectivity index (χ4n) is 1.14. The van der Waals surface area contributed by atoms with Crippen LogP contribution in [0.25, 0.3) is 6.08 Å². The fourth-order valence-corrected chi connectivity index (χ4v) is 1.14. The van der Waals surface area contributed by atoms with Crippen molar-refractivity contribution in [2.45, 2.75) is 13.8 Å². The molecule has 0 atom stereocenters. The van der Waals surface area contributed by atoms with Crippen molar-refractivity contribution in [2.75, 3.05) is 13.1 Å². The molecule has 0 fully saturated rings. The van der Waals surface area contributed by atoms with Crippen LogP contribution in [0.15, 0.2) is 74.4 Å². The Morgan fingerprint density at radius 3 is 1.54 bits per heavy atom. The predicted molar refractivity (Wildman–Crippen MR) is 101 cm³/mol. The molecule has 0 bridgehead atoms. The number of ether oxygens (including phenoxy) is 1. The fraction of sp³-hybridized carbons (Fsp3) is 0.200. The number of hydrogen-bond donors (Lipinski definition) is 1. The lowest BCUT2D eigenvalue weighted by Crippen LogP contribution is -2.09. The van der Waals surface area contributed by atoms with Gasteiger partial charge in [-0.2, -0.15) is 0 Å². The average molecular weight is 329 g/mol. The molecule has 1 aromatic rings. The smallest absolute Gasteiger partial charge is 0.338 e. The van der Waals surface area contributed by atoms with Crippen LogP contribution in [0, 0.1) is 0 Å². The second kappa shape index (κ2) is 18.3. The lowest BCUT2D eigenvalue weighted by atomic mass is 10.2. The number of allylic oxidation sites excluding steroid dienone is 2. The number of rotatable bonds is 4. The molecule has 1 aliphatic heterocycles. The van der Waals surface area contributed by atoms with Crippen molar-refractivity contribution >= 4 is 18.0 Å². The predicted octanol–water partition coefficient (Wildman–Crippen LogP) is 3.93. The minimum atomic E-state index is -0.579. The summed E-state index contributed by atoms with van der Waals surface area (Å²) in [6.45, 7) is 16.7. The molecule has 0 aromatic heterocycles. The molecule has 0 saturated carbocycles. The molecule has 0 saturated heterocycles. The maximum Gasteiger partial charge on any atom is 0.338 e. The number of esters is 2. The van der Waals surface area contributed by atoms with E-state index in [2.05, 4.69) is 43.6 Å². The molecule has 4 heteroatoms. The van der Waals surface area contributed by atoms with Crippen molar-refractivity contribution < 1.29 is 14.3 Å². The zero-order chi connectivity index (χ0) is 18.6. The zero-order valence-electron chi connectivity index (χ0n) is 14.5. The van der Waals surface area contributed by atoms with Gasteiger partial charge in [-0.3, -0.25) is 0 Å². The van der Waals surface area contributed by atoms with E-state index >= 15 is 0 Å². The highest BCUT2D eigenvalue weighted by Crippen LogP contribution is 1.97. The number of hydrogen-bond acceptors (Lipinski definition) is 4. The molecule has 0 unspecified atom stereocenters. The number of carbonyl (C=O) groups excluding carboxylic acids is 2. The van der Waals surface area contributed by atoms with Crippen molar-refractivity contribution in [1.82, 2.24) is 5.32 Å². The highest BCUT2D eigenvalue weighted by molar-refractivity contribution is 6.04. The summed E-state index contributed by atoms with van der Waals surface area (Å²) in [4.78, 5) is 19.8. The first-order valence-electron chi connectivity index (χ1n) is 7.61. The van der Waals surface area contributed by atoms with Gasteiger partial charge in [-0.05, 0) is 18.7 Å². The average Bonchev–Trinajstić information content (AvgIpc) is 3.00. The van der Waals surface area contributed by atoms with E-state index in [0.717, 1.165) is 25.2 Å². The number of nitrogens with one attached hydrogen (secondary N) is 1. The van der Waals surface area contributed by atoms with Gasteiger partial charge in [-0.15, -0.1) is 0 Å². The summed E-state index contributed by atoms with van der Waals surface area (Å²) in [6, 6.07) is 10.0. The van der Waals surface area contributed by atoms with E-state index in [4.69, 9.17) is 0 Å². The van der Waals surface area contributed by atoms with Gasteiger partial charge < -0.3 is 10.1 Å². The quantitative estimate of drug-likeness (QED) is 0.516. The monoisotopic (exact) mass is 329 g/mol. The zero-order valence-corrected chi connectivity index (χ0v) is 14.5. The molecule has 4 nitrogen and oxygen atoms in total. The van der Waals surface area contributed by atoms with Gasteiger partial charge in [0, 0.05) is 12.2 Å². The molecule has 24 heavy (non-hydrogen) atoms. The maximum absolute atomic E-state index is 9.92. The third-order valence-corrected chi connectivity index (χ3v) is 2.26. The number of benzene rings is 1. The largest absolute Gasteiger partial charge is 0.387 e. The van der Waals surface area contributed by atoms with Gasteiger partial charge in [-0.1, -0.05) is 82.1 Å². The molecular weight excluding hydrogens is 302 g/mol. The summed E-state index contributed by atoms with van der Waals surface area (Å²) in [5, 5.41) is 3.11. The molecule has 0 spiro atoms. The van der Waals surface area contributed by atoms with Crippen LogP contribution in [-0.2, 0) is 14.3 Å². The van der Waals surface area contributed by atoms with Crippen molar-refractivity contribution in [1.29, 1.82) is 0 Å². The van der Waals surface area contributed by atoms with Gasteiger partial charge in [0.1, 0.15) is 0 Å². The Bertz CT molecular complexity index is 495. The minimum Gasteiger partial charge on any atom is -0.387 e. The number of cyclic esters (lactones) is 2. The van der Waals surface area contributed by atoms with Crippen LogP contribution >= 0.6 is 0 Å². The molecular formula is C20H27NO3. The standard InChI is InChI=1S/C8H8.C4H11N.C4H2O3.C4H6/c1-2-8-6-4-3-5-7-8;1-3-5-4-2;5-3-1-2-4(6)7-3;1-3-4-2/h2-7H,1H2;5H,3-4H2,1-2H3;1-2H;3-4H,1-2H2. The summed E-state index contributed by atoms with van der Waals surface area (Å²) in [5.74, 6) is -1.16. The Hall–Kier alpha value is -2.72. The second-order valence-electron chi connectivity index (χ2n) is 4.12. The van der Waals surface area contributed by atoms with E-state index < -0.39 is 11.9 Å². The third kappa shape index (κ3) is 17.3. The van der Waals surface area contributed by atoms with E-state index in [1.165, 1.54) is 5.56 Å². The van der Waals surface area contributed by atoms with Gasteiger partial charge >= 0.3 is 11.9 Å².